The topological polar surface area (TPSA) is 106 Å². The van der Waals surface area contributed by atoms with E-state index < -0.39 is 29.2 Å². The summed E-state index contributed by atoms with van der Waals surface area (Å²) < 4.78 is 19.3. The summed E-state index contributed by atoms with van der Waals surface area (Å²) in [6.07, 6.45) is 0. The summed E-state index contributed by atoms with van der Waals surface area (Å²) in [6.45, 7) is 7.05. The van der Waals surface area contributed by atoms with Crippen LogP contribution in [0.4, 0.5) is 10.1 Å². The summed E-state index contributed by atoms with van der Waals surface area (Å²) >= 11 is 0. The quantitative estimate of drug-likeness (QED) is 0.419. The normalized spacial score (nSPS) is 12.2. The van der Waals surface area contributed by atoms with Gasteiger partial charge in [-0.3, -0.25) is 14.5 Å². The van der Waals surface area contributed by atoms with Gasteiger partial charge in [0.25, 0.3) is 5.91 Å². The molecule has 0 bridgehead atoms. The lowest BCUT2D eigenvalue weighted by Crippen LogP contribution is -2.50. The lowest BCUT2D eigenvalue weighted by Gasteiger charge is -2.33. The summed E-state index contributed by atoms with van der Waals surface area (Å²) in [5.41, 5.74) is 0.376. The number of aromatic nitrogens is 4. The van der Waals surface area contributed by atoms with E-state index in [1.165, 1.54) is 29.2 Å². The minimum atomic E-state index is -1.07. The Kier molecular flexibility index (Phi) is 6.96. The third-order valence-electron chi connectivity index (χ3n) is 5.18. The van der Waals surface area contributed by atoms with Crippen molar-refractivity contribution in [3.63, 3.8) is 0 Å². The smallest absolute Gasteiger partial charge is 0.251 e. The van der Waals surface area contributed by atoms with Crippen molar-refractivity contribution in [2.24, 2.45) is 0 Å². The Labute approximate surface area is 207 Å². The van der Waals surface area contributed by atoms with Crippen LogP contribution in [0.3, 0.4) is 0 Å². The first-order chi connectivity index (χ1) is 17.1. The van der Waals surface area contributed by atoms with Crippen LogP contribution in [0.1, 0.15) is 38.1 Å². The van der Waals surface area contributed by atoms with Crippen molar-refractivity contribution in [3.05, 3.63) is 83.9 Å². The third kappa shape index (κ3) is 5.83. The van der Waals surface area contributed by atoms with Gasteiger partial charge in [0, 0.05) is 11.2 Å². The van der Waals surface area contributed by atoms with Crippen LogP contribution in [0.5, 0.6) is 0 Å². The summed E-state index contributed by atoms with van der Waals surface area (Å²) in [5.74, 6) is 0.0462. The predicted molar refractivity (Wildman–Crippen MR) is 131 cm³/mol. The zero-order valence-corrected chi connectivity index (χ0v) is 20.5. The van der Waals surface area contributed by atoms with E-state index in [0.717, 1.165) is 4.80 Å². The molecular formula is C26H27FN6O3. The van der Waals surface area contributed by atoms with Crippen LogP contribution in [-0.4, -0.2) is 37.6 Å². The van der Waals surface area contributed by atoms with Crippen molar-refractivity contribution in [1.29, 1.82) is 0 Å². The number of hydrogen-bond acceptors (Lipinski definition) is 6. The molecule has 0 radical (unpaired) electrons. The summed E-state index contributed by atoms with van der Waals surface area (Å²) in [6, 6.07) is 16.7. The van der Waals surface area contributed by atoms with Gasteiger partial charge in [-0.1, -0.05) is 30.3 Å². The van der Waals surface area contributed by atoms with E-state index in [-0.39, 0.29) is 12.4 Å². The van der Waals surface area contributed by atoms with Gasteiger partial charge >= 0.3 is 0 Å². The number of carbonyl (C=O) groups excluding carboxylic acids is 2. The molecule has 36 heavy (non-hydrogen) atoms. The fraction of sp³-hybridized carbons (Fsp3) is 0.269. The maximum Gasteiger partial charge on any atom is 0.251 e. The lowest BCUT2D eigenvalue weighted by molar-refractivity contribution is -0.128. The fourth-order valence-electron chi connectivity index (χ4n) is 3.69. The molecule has 0 aliphatic heterocycles. The van der Waals surface area contributed by atoms with Gasteiger partial charge in [-0.05, 0) is 74.9 Å². The van der Waals surface area contributed by atoms with Crippen LogP contribution in [-0.2, 0) is 16.1 Å². The van der Waals surface area contributed by atoms with Gasteiger partial charge in [0.2, 0.25) is 11.7 Å². The first kappa shape index (κ1) is 24.8. The number of aryl methyl sites for hydroxylation is 1. The van der Waals surface area contributed by atoms with Crippen LogP contribution >= 0.6 is 0 Å². The molecule has 9 nitrogen and oxygen atoms in total. The molecule has 0 saturated heterocycles. The number of rotatable bonds is 7. The Bertz CT molecular complexity index is 1340. The Morgan fingerprint density at radius 1 is 1.06 bits per heavy atom. The minimum absolute atomic E-state index is 0.239. The van der Waals surface area contributed by atoms with Crippen LogP contribution in [0.25, 0.3) is 11.6 Å². The maximum absolute atomic E-state index is 13.7. The number of tetrazole rings is 1. The number of nitrogens with zero attached hydrogens (tertiary/aromatic N) is 5. The van der Waals surface area contributed by atoms with Crippen LogP contribution in [0, 0.1) is 12.7 Å². The van der Waals surface area contributed by atoms with E-state index in [0.29, 0.717) is 22.8 Å². The number of amides is 2. The van der Waals surface area contributed by atoms with Crippen LogP contribution < -0.4 is 10.2 Å². The number of para-hydroxylation sites is 1. The first-order valence-corrected chi connectivity index (χ1v) is 11.4. The van der Waals surface area contributed by atoms with Crippen molar-refractivity contribution in [1.82, 2.24) is 25.5 Å². The Hall–Kier alpha value is -4.34. The fourth-order valence-corrected chi connectivity index (χ4v) is 3.69. The summed E-state index contributed by atoms with van der Waals surface area (Å²) in [4.78, 5) is 29.8. The molecule has 4 rings (SSSR count). The molecule has 0 fully saturated rings. The van der Waals surface area contributed by atoms with E-state index in [2.05, 4.69) is 20.7 Å². The largest absolute Gasteiger partial charge is 0.458 e. The highest BCUT2D eigenvalue weighted by molar-refractivity contribution is 6.01. The van der Waals surface area contributed by atoms with E-state index in [1.807, 2.05) is 26.8 Å². The zero-order valence-electron chi connectivity index (χ0n) is 20.5. The van der Waals surface area contributed by atoms with Crippen molar-refractivity contribution < 1.29 is 18.4 Å². The van der Waals surface area contributed by atoms with Crippen molar-refractivity contribution in [3.8, 4) is 11.6 Å². The minimum Gasteiger partial charge on any atom is -0.458 e. The molecule has 10 heteroatoms. The molecule has 2 aromatic heterocycles. The maximum atomic E-state index is 13.7. The van der Waals surface area contributed by atoms with Gasteiger partial charge in [0.15, 0.2) is 5.76 Å². The molecule has 1 atom stereocenters. The number of furan rings is 1. The van der Waals surface area contributed by atoms with E-state index in [4.69, 9.17) is 4.42 Å². The van der Waals surface area contributed by atoms with E-state index >= 15 is 0 Å². The third-order valence-corrected chi connectivity index (χ3v) is 5.18. The molecule has 0 spiro atoms. The molecule has 4 aromatic rings. The summed E-state index contributed by atoms with van der Waals surface area (Å²) in [7, 11) is 0. The monoisotopic (exact) mass is 490 g/mol. The molecular weight excluding hydrogens is 463 g/mol. The molecule has 1 N–H and O–H groups in total. The first-order valence-electron chi connectivity index (χ1n) is 11.4. The van der Waals surface area contributed by atoms with Gasteiger partial charge in [-0.25, -0.2) is 4.39 Å². The number of benzene rings is 2. The SMILES string of the molecule is Cc1ccc(-c2nnn(CC(=O)N(c3ccccc3)[C@@H](C(=O)NC(C)(C)C)c3ccc(F)cc3)n2)o1. The number of hydrogen-bond donors (Lipinski definition) is 1. The van der Waals surface area contributed by atoms with Crippen LogP contribution in [0.2, 0.25) is 0 Å². The second-order valence-corrected chi connectivity index (χ2v) is 9.35. The van der Waals surface area contributed by atoms with E-state index in [9.17, 15) is 14.0 Å². The van der Waals surface area contributed by atoms with Gasteiger partial charge in [0.05, 0.1) is 0 Å². The molecule has 2 heterocycles. The molecule has 0 aliphatic carbocycles. The molecule has 2 aromatic carbocycles. The Morgan fingerprint density at radius 2 is 1.75 bits per heavy atom. The van der Waals surface area contributed by atoms with Crippen LogP contribution in [0.15, 0.2) is 71.1 Å². The highest BCUT2D eigenvalue weighted by atomic mass is 19.1. The Morgan fingerprint density at radius 3 is 2.36 bits per heavy atom. The zero-order chi connectivity index (χ0) is 25.9. The molecule has 0 saturated carbocycles. The number of carbonyl (C=O) groups is 2. The van der Waals surface area contributed by atoms with Gasteiger partial charge in [-0.2, -0.15) is 4.80 Å². The summed E-state index contributed by atoms with van der Waals surface area (Å²) in [5, 5.41) is 15.2. The highest BCUT2D eigenvalue weighted by Gasteiger charge is 2.34. The standard InChI is InChI=1S/C26H27FN6O3/c1-17-10-15-21(36-17)24-29-31-32(30-24)16-22(34)33(20-8-6-5-7-9-20)23(25(35)28-26(2,3)4)18-11-13-19(27)14-12-18/h5-15,23H,16H2,1-4H3,(H,28,35)/t23-/m1/s1. The lowest BCUT2D eigenvalue weighted by atomic mass is 10.0. The number of nitrogens with one attached hydrogen (secondary N) is 1. The van der Waals surface area contributed by atoms with Crippen molar-refractivity contribution in [2.45, 2.75) is 45.8 Å². The molecule has 0 unspecified atom stereocenters. The molecule has 186 valence electrons. The number of anilines is 1. The average molecular weight is 491 g/mol. The second kappa shape index (κ2) is 10.1. The average Bonchev–Trinajstić information content (AvgIpc) is 3.46. The van der Waals surface area contributed by atoms with Gasteiger partial charge < -0.3 is 9.73 Å². The highest BCUT2D eigenvalue weighted by Crippen LogP contribution is 2.29. The number of halogens is 1. The molecule has 0 aliphatic rings. The molecule has 2 amide bonds. The Balaban J connectivity index is 1.72. The second-order valence-electron chi connectivity index (χ2n) is 9.35. The van der Waals surface area contributed by atoms with Gasteiger partial charge in [0.1, 0.15) is 24.2 Å². The predicted octanol–water partition coefficient (Wildman–Crippen LogP) is 4.07. The van der Waals surface area contributed by atoms with Gasteiger partial charge in [-0.15, -0.1) is 10.2 Å². The van der Waals surface area contributed by atoms with Crippen molar-refractivity contribution >= 4 is 17.5 Å². The van der Waals surface area contributed by atoms with Crippen molar-refractivity contribution in [2.75, 3.05) is 4.90 Å². The van der Waals surface area contributed by atoms with E-state index in [1.54, 1.807) is 43.3 Å².